The number of hydrogen-bond donors (Lipinski definition) is 0. The van der Waals surface area contributed by atoms with Gasteiger partial charge in [-0.2, -0.15) is 0 Å². The molecule has 0 spiro atoms. The molecular weight excluding hydrogens is 184 g/mol. The Kier molecular flexibility index (Phi) is 9.55. The normalized spacial score (nSPS) is 12.7. The van der Waals surface area contributed by atoms with Gasteiger partial charge in [0.25, 0.3) is 0 Å². The fourth-order valence-electron chi connectivity index (χ4n) is 1.76. The first-order valence-electron chi connectivity index (χ1n) is 6.28. The van der Waals surface area contributed by atoms with Gasteiger partial charge in [0.2, 0.25) is 0 Å². The molecule has 0 aromatic carbocycles. The summed E-state index contributed by atoms with van der Waals surface area (Å²) >= 11 is 0. The summed E-state index contributed by atoms with van der Waals surface area (Å²) in [5, 5.41) is 0. The maximum atomic E-state index is 10.7. The van der Waals surface area contributed by atoms with Gasteiger partial charge in [0.1, 0.15) is 6.29 Å². The van der Waals surface area contributed by atoms with Gasteiger partial charge in [-0.15, -0.1) is 6.58 Å². The van der Waals surface area contributed by atoms with E-state index in [0.29, 0.717) is 5.92 Å². The summed E-state index contributed by atoms with van der Waals surface area (Å²) in [5.41, 5.74) is 0. The van der Waals surface area contributed by atoms with Crippen LogP contribution in [0.3, 0.4) is 0 Å². The Morgan fingerprint density at radius 1 is 1.07 bits per heavy atom. The smallest absolute Gasteiger partial charge is 0.123 e. The molecule has 0 aliphatic carbocycles. The summed E-state index contributed by atoms with van der Waals surface area (Å²) in [6.07, 6.45) is 11.7. The molecule has 1 heteroatoms. The van der Waals surface area contributed by atoms with E-state index in [4.69, 9.17) is 0 Å². The first kappa shape index (κ1) is 14.4. The van der Waals surface area contributed by atoms with Crippen molar-refractivity contribution in [3.05, 3.63) is 12.7 Å². The van der Waals surface area contributed by atoms with E-state index in [-0.39, 0.29) is 5.92 Å². The second-order valence-corrected chi connectivity index (χ2v) is 4.68. The van der Waals surface area contributed by atoms with E-state index < -0.39 is 0 Å². The lowest BCUT2D eigenvalue weighted by molar-refractivity contribution is -0.112. The van der Waals surface area contributed by atoms with E-state index >= 15 is 0 Å². The molecule has 15 heavy (non-hydrogen) atoms. The van der Waals surface area contributed by atoms with Crippen LogP contribution >= 0.6 is 0 Å². The molecule has 0 amide bonds. The highest BCUT2D eigenvalue weighted by atomic mass is 16.1. The molecule has 0 aliphatic heterocycles. The Labute approximate surface area is 95.0 Å². The molecule has 0 aromatic rings. The summed E-state index contributed by atoms with van der Waals surface area (Å²) in [5.74, 6) is 0.779. The number of rotatable bonds is 10. The molecule has 0 fully saturated rings. The van der Waals surface area contributed by atoms with Crippen LogP contribution in [0.2, 0.25) is 0 Å². The fraction of sp³-hybridized carbons (Fsp3) is 0.786. The van der Waals surface area contributed by atoms with Crippen LogP contribution < -0.4 is 0 Å². The molecule has 0 saturated carbocycles. The van der Waals surface area contributed by atoms with E-state index in [1.54, 1.807) is 0 Å². The Morgan fingerprint density at radius 3 is 2.20 bits per heavy atom. The second kappa shape index (κ2) is 9.95. The van der Waals surface area contributed by atoms with Gasteiger partial charge in [0.05, 0.1) is 0 Å². The largest absolute Gasteiger partial charge is 0.303 e. The van der Waals surface area contributed by atoms with Gasteiger partial charge >= 0.3 is 0 Å². The SMILES string of the molecule is C=CCCCCCCCC(C=O)C(C)C. The highest BCUT2D eigenvalue weighted by Gasteiger charge is 2.10. The molecule has 0 rings (SSSR count). The minimum atomic E-state index is 0.276. The molecule has 0 bridgehead atoms. The number of carbonyl (C=O) groups excluding carboxylic acids is 1. The summed E-state index contributed by atoms with van der Waals surface area (Å²) < 4.78 is 0. The van der Waals surface area contributed by atoms with Gasteiger partial charge in [0.15, 0.2) is 0 Å². The van der Waals surface area contributed by atoms with Crippen LogP contribution in [-0.4, -0.2) is 6.29 Å². The highest BCUT2D eigenvalue weighted by molar-refractivity contribution is 5.53. The third-order valence-electron chi connectivity index (χ3n) is 2.98. The van der Waals surface area contributed by atoms with Crippen molar-refractivity contribution < 1.29 is 4.79 Å². The van der Waals surface area contributed by atoms with Crippen molar-refractivity contribution in [3.63, 3.8) is 0 Å². The van der Waals surface area contributed by atoms with E-state index in [2.05, 4.69) is 20.4 Å². The zero-order chi connectivity index (χ0) is 11.5. The van der Waals surface area contributed by atoms with Crippen LogP contribution in [0, 0.1) is 11.8 Å². The average Bonchev–Trinajstić information content (AvgIpc) is 2.21. The van der Waals surface area contributed by atoms with Gasteiger partial charge in [-0.05, 0) is 25.2 Å². The number of aldehydes is 1. The van der Waals surface area contributed by atoms with Crippen molar-refractivity contribution in [1.82, 2.24) is 0 Å². The predicted molar refractivity (Wildman–Crippen MR) is 66.9 cm³/mol. The van der Waals surface area contributed by atoms with E-state index in [1.807, 2.05) is 6.08 Å². The minimum absolute atomic E-state index is 0.276. The predicted octanol–water partition coefficient (Wildman–Crippen LogP) is 4.37. The second-order valence-electron chi connectivity index (χ2n) is 4.68. The lowest BCUT2D eigenvalue weighted by Gasteiger charge is -2.13. The van der Waals surface area contributed by atoms with E-state index in [0.717, 1.165) is 19.1 Å². The summed E-state index contributed by atoms with van der Waals surface area (Å²) in [6, 6.07) is 0. The zero-order valence-electron chi connectivity index (χ0n) is 10.4. The van der Waals surface area contributed by atoms with Crippen molar-refractivity contribution in [2.24, 2.45) is 11.8 Å². The van der Waals surface area contributed by atoms with Crippen molar-refractivity contribution in [3.8, 4) is 0 Å². The number of hydrogen-bond acceptors (Lipinski definition) is 1. The molecule has 0 heterocycles. The Bertz CT molecular complexity index is 161. The Balaban J connectivity index is 3.29. The number of carbonyl (C=O) groups is 1. The molecule has 0 aliphatic rings. The molecule has 0 N–H and O–H groups in total. The van der Waals surface area contributed by atoms with Crippen molar-refractivity contribution in [2.75, 3.05) is 0 Å². The van der Waals surface area contributed by atoms with Gasteiger partial charge in [-0.25, -0.2) is 0 Å². The average molecular weight is 210 g/mol. The summed E-state index contributed by atoms with van der Waals surface area (Å²) in [4.78, 5) is 10.7. The van der Waals surface area contributed by atoms with Crippen LogP contribution in [0.15, 0.2) is 12.7 Å². The summed E-state index contributed by atoms with van der Waals surface area (Å²) in [6.45, 7) is 7.97. The van der Waals surface area contributed by atoms with Crippen LogP contribution in [0.5, 0.6) is 0 Å². The summed E-state index contributed by atoms with van der Waals surface area (Å²) in [7, 11) is 0. The maximum Gasteiger partial charge on any atom is 0.123 e. The Hall–Kier alpha value is -0.590. The molecule has 1 nitrogen and oxygen atoms in total. The number of unbranched alkanes of at least 4 members (excludes halogenated alkanes) is 5. The molecule has 88 valence electrons. The van der Waals surface area contributed by atoms with Gasteiger partial charge in [0, 0.05) is 5.92 Å². The van der Waals surface area contributed by atoms with Crippen molar-refractivity contribution in [1.29, 1.82) is 0 Å². The maximum absolute atomic E-state index is 10.7. The van der Waals surface area contributed by atoms with Gasteiger partial charge in [-0.1, -0.05) is 45.6 Å². The fourth-order valence-corrected chi connectivity index (χ4v) is 1.76. The lowest BCUT2D eigenvalue weighted by atomic mass is 9.91. The van der Waals surface area contributed by atoms with Crippen LogP contribution in [0.4, 0.5) is 0 Å². The van der Waals surface area contributed by atoms with Crippen molar-refractivity contribution in [2.45, 2.75) is 58.8 Å². The lowest BCUT2D eigenvalue weighted by Crippen LogP contribution is -2.09. The molecule has 0 aromatic heterocycles. The van der Waals surface area contributed by atoms with Crippen LogP contribution in [0.1, 0.15) is 58.8 Å². The molecule has 1 atom stereocenters. The van der Waals surface area contributed by atoms with Gasteiger partial charge in [-0.3, -0.25) is 0 Å². The molecule has 1 unspecified atom stereocenters. The monoisotopic (exact) mass is 210 g/mol. The van der Waals surface area contributed by atoms with Crippen LogP contribution in [0.25, 0.3) is 0 Å². The molecule has 0 saturated heterocycles. The topological polar surface area (TPSA) is 17.1 Å². The first-order valence-corrected chi connectivity index (χ1v) is 6.28. The quantitative estimate of drug-likeness (QED) is 0.297. The molecular formula is C14H26O. The van der Waals surface area contributed by atoms with Crippen LogP contribution in [-0.2, 0) is 4.79 Å². The van der Waals surface area contributed by atoms with Gasteiger partial charge < -0.3 is 4.79 Å². The van der Waals surface area contributed by atoms with Crippen molar-refractivity contribution >= 4 is 6.29 Å². The molecule has 0 radical (unpaired) electrons. The first-order chi connectivity index (χ1) is 7.22. The van der Waals surface area contributed by atoms with E-state index in [1.165, 1.54) is 32.1 Å². The third kappa shape index (κ3) is 8.41. The zero-order valence-corrected chi connectivity index (χ0v) is 10.4. The Morgan fingerprint density at radius 2 is 1.67 bits per heavy atom. The minimum Gasteiger partial charge on any atom is -0.303 e. The third-order valence-corrected chi connectivity index (χ3v) is 2.98. The standard InChI is InChI=1S/C14H26O/c1-4-5-6-7-8-9-10-11-14(12-15)13(2)3/h4,12-14H,1,5-11H2,2-3H3. The highest BCUT2D eigenvalue weighted by Crippen LogP contribution is 2.17. The number of allylic oxidation sites excluding steroid dienone is 1. The van der Waals surface area contributed by atoms with E-state index in [9.17, 15) is 4.79 Å².